The molecule has 0 spiro atoms. The first-order valence-corrected chi connectivity index (χ1v) is 5.85. The van der Waals surface area contributed by atoms with Crippen LogP contribution in [0.2, 0.25) is 0 Å². The van der Waals surface area contributed by atoms with Crippen LogP contribution in [0.1, 0.15) is 12.8 Å². The molecule has 1 unspecified atom stereocenters. The van der Waals surface area contributed by atoms with Gasteiger partial charge in [0, 0.05) is 18.5 Å². The monoisotopic (exact) mass is 262 g/mol. The number of benzene rings is 1. The summed E-state index contributed by atoms with van der Waals surface area (Å²) in [5, 5.41) is 17.8. The Hall–Kier alpha value is -2.28. The molecule has 2 rings (SSSR count). The van der Waals surface area contributed by atoms with Crippen LogP contribution >= 0.6 is 0 Å². The van der Waals surface area contributed by atoms with Crippen molar-refractivity contribution in [2.45, 2.75) is 19.4 Å². The molecule has 0 saturated heterocycles. The van der Waals surface area contributed by atoms with E-state index < -0.39 is 4.92 Å². The summed E-state index contributed by atoms with van der Waals surface area (Å²) in [7, 11) is 1.84. The number of rotatable bonds is 5. The molecule has 7 heteroatoms. The zero-order valence-corrected chi connectivity index (χ0v) is 10.7. The van der Waals surface area contributed by atoms with Gasteiger partial charge in [-0.1, -0.05) is 17.3 Å². The van der Waals surface area contributed by atoms with Gasteiger partial charge in [0.2, 0.25) is 11.7 Å². The van der Waals surface area contributed by atoms with Gasteiger partial charge in [0.15, 0.2) is 0 Å². The fraction of sp³-hybridized carbons (Fsp3) is 0.333. The molecular formula is C12H14N4O3. The Kier molecular flexibility index (Phi) is 3.86. The fourth-order valence-electron chi connectivity index (χ4n) is 1.63. The third kappa shape index (κ3) is 2.94. The first-order valence-electron chi connectivity index (χ1n) is 5.85. The summed E-state index contributed by atoms with van der Waals surface area (Å²) in [5.74, 6) is 0.695. The van der Waals surface area contributed by atoms with Crippen molar-refractivity contribution >= 4 is 5.69 Å². The van der Waals surface area contributed by atoms with E-state index in [0.29, 0.717) is 17.9 Å². The van der Waals surface area contributed by atoms with Gasteiger partial charge in [-0.25, -0.2) is 0 Å². The summed E-state index contributed by atoms with van der Waals surface area (Å²) >= 11 is 0. The molecule has 0 radical (unpaired) electrons. The molecule has 0 fully saturated rings. The van der Waals surface area contributed by atoms with Gasteiger partial charge >= 0.3 is 0 Å². The van der Waals surface area contributed by atoms with Gasteiger partial charge in [-0.3, -0.25) is 10.1 Å². The molecule has 0 bridgehead atoms. The van der Waals surface area contributed by atoms with Crippen LogP contribution < -0.4 is 5.32 Å². The van der Waals surface area contributed by atoms with Crippen molar-refractivity contribution in [3.8, 4) is 11.4 Å². The Morgan fingerprint density at radius 3 is 2.89 bits per heavy atom. The summed E-state index contributed by atoms with van der Waals surface area (Å²) < 4.78 is 5.10. The number of hydrogen-bond donors (Lipinski definition) is 1. The van der Waals surface area contributed by atoms with Crippen LogP contribution in [0.5, 0.6) is 0 Å². The van der Waals surface area contributed by atoms with E-state index in [2.05, 4.69) is 15.5 Å². The van der Waals surface area contributed by atoms with E-state index in [-0.39, 0.29) is 17.6 Å². The zero-order chi connectivity index (χ0) is 13.8. The quantitative estimate of drug-likeness (QED) is 0.652. The second-order valence-electron chi connectivity index (χ2n) is 4.18. The van der Waals surface area contributed by atoms with Crippen LogP contribution in [0.3, 0.4) is 0 Å². The van der Waals surface area contributed by atoms with Crippen molar-refractivity contribution in [1.82, 2.24) is 15.5 Å². The molecule has 0 saturated carbocycles. The summed E-state index contributed by atoms with van der Waals surface area (Å²) in [5.41, 5.74) is 0.330. The maximum Gasteiger partial charge on any atom is 0.280 e. The fourth-order valence-corrected chi connectivity index (χ4v) is 1.63. The number of nitro benzene ring substituents is 1. The van der Waals surface area contributed by atoms with Gasteiger partial charge in [-0.05, 0) is 20.0 Å². The molecule has 0 aliphatic carbocycles. The number of nitro groups is 1. The zero-order valence-electron chi connectivity index (χ0n) is 10.7. The predicted molar refractivity (Wildman–Crippen MR) is 68.6 cm³/mol. The van der Waals surface area contributed by atoms with Crippen LogP contribution in [-0.4, -0.2) is 28.2 Å². The number of likely N-dealkylation sites (N-methyl/N-ethyl adjacent to an activating group) is 1. The number of aromatic nitrogens is 2. The third-order valence-electron chi connectivity index (χ3n) is 2.78. The molecule has 1 aromatic heterocycles. The predicted octanol–water partition coefficient (Wildman–Crippen LogP) is 1.80. The molecule has 100 valence electrons. The van der Waals surface area contributed by atoms with Gasteiger partial charge in [0.25, 0.3) is 5.69 Å². The van der Waals surface area contributed by atoms with Crippen molar-refractivity contribution in [3.63, 3.8) is 0 Å². The van der Waals surface area contributed by atoms with E-state index >= 15 is 0 Å². The molecule has 19 heavy (non-hydrogen) atoms. The van der Waals surface area contributed by atoms with E-state index in [4.69, 9.17) is 4.52 Å². The third-order valence-corrected chi connectivity index (χ3v) is 2.78. The molecule has 7 nitrogen and oxygen atoms in total. The number of hydrogen-bond acceptors (Lipinski definition) is 6. The molecule has 1 N–H and O–H groups in total. The Labute approximate surface area is 109 Å². The molecule has 1 heterocycles. The van der Waals surface area contributed by atoms with Crippen LogP contribution in [0, 0.1) is 10.1 Å². The van der Waals surface area contributed by atoms with Gasteiger partial charge < -0.3 is 9.84 Å². The molecule has 1 atom stereocenters. The minimum Gasteiger partial charge on any atom is -0.339 e. The smallest absolute Gasteiger partial charge is 0.280 e. The van der Waals surface area contributed by atoms with E-state index in [1.807, 2.05) is 14.0 Å². The van der Waals surface area contributed by atoms with Gasteiger partial charge in [-0.2, -0.15) is 4.98 Å². The lowest BCUT2D eigenvalue weighted by Crippen LogP contribution is -2.23. The average Bonchev–Trinajstić information content (AvgIpc) is 2.86. The number of nitrogens with one attached hydrogen (secondary N) is 1. The van der Waals surface area contributed by atoms with Crippen molar-refractivity contribution in [1.29, 1.82) is 0 Å². The van der Waals surface area contributed by atoms with Crippen LogP contribution in [0.25, 0.3) is 11.4 Å². The molecule has 2 aromatic rings. The van der Waals surface area contributed by atoms with Crippen LogP contribution in [0.15, 0.2) is 28.8 Å². The van der Waals surface area contributed by atoms with E-state index in [1.54, 1.807) is 18.2 Å². The standard InChI is InChI=1S/C12H14N4O3/c1-8(13-2)7-11-14-12(15-19-11)9-5-3-4-6-10(9)16(17)18/h3-6,8,13H,7H2,1-2H3. The minimum absolute atomic E-state index is 0.0310. The van der Waals surface area contributed by atoms with Crippen LogP contribution in [-0.2, 0) is 6.42 Å². The second kappa shape index (κ2) is 5.57. The normalized spacial score (nSPS) is 12.3. The number of nitrogens with zero attached hydrogens (tertiary/aromatic N) is 3. The van der Waals surface area contributed by atoms with Gasteiger partial charge in [0.05, 0.1) is 4.92 Å². The Balaban J connectivity index is 2.30. The highest BCUT2D eigenvalue weighted by Crippen LogP contribution is 2.27. The van der Waals surface area contributed by atoms with Crippen molar-refractivity contribution in [3.05, 3.63) is 40.3 Å². The maximum absolute atomic E-state index is 10.9. The highest BCUT2D eigenvalue weighted by molar-refractivity contribution is 5.67. The highest BCUT2D eigenvalue weighted by Gasteiger charge is 2.19. The van der Waals surface area contributed by atoms with E-state index in [1.165, 1.54) is 6.07 Å². The summed E-state index contributed by atoms with van der Waals surface area (Å²) in [4.78, 5) is 14.7. The van der Waals surface area contributed by atoms with Crippen molar-refractivity contribution in [2.75, 3.05) is 7.05 Å². The Morgan fingerprint density at radius 2 is 2.21 bits per heavy atom. The van der Waals surface area contributed by atoms with Crippen LogP contribution in [0.4, 0.5) is 5.69 Å². The summed E-state index contributed by atoms with van der Waals surface area (Å²) in [6.45, 7) is 1.98. The van der Waals surface area contributed by atoms with Crippen molar-refractivity contribution < 1.29 is 9.45 Å². The minimum atomic E-state index is -0.457. The first-order chi connectivity index (χ1) is 9.11. The SMILES string of the molecule is CNC(C)Cc1nc(-c2ccccc2[N+](=O)[O-])no1. The molecule has 0 amide bonds. The second-order valence-corrected chi connectivity index (χ2v) is 4.18. The Morgan fingerprint density at radius 1 is 1.47 bits per heavy atom. The average molecular weight is 262 g/mol. The maximum atomic E-state index is 10.9. The lowest BCUT2D eigenvalue weighted by atomic mass is 10.1. The van der Waals surface area contributed by atoms with Gasteiger partial charge in [0.1, 0.15) is 5.56 Å². The summed E-state index contributed by atoms with van der Waals surface area (Å²) in [6, 6.07) is 6.52. The topological polar surface area (TPSA) is 94.1 Å². The van der Waals surface area contributed by atoms with E-state index in [9.17, 15) is 10.1 Å². The molecular weight excluding hydrogens is 248 g/mol. The number of para-hydroxylation sites is 1. The molecule has 0 aliphatic rings. The molecule has 1 aromatic carbocycles. The Bertz CT molecular complexity index is 582. The summed E-state index contributed by atoms with van der Waals surface area (Å²) in [6.07, 6.45) is 0.574. The van der Waals surface area contributed by atoms with E-state index in [0.717, 1.165) is 0 Å². The van der Waals surface area contributed by atoms with Gasteiger partial charge in [-0.15, -0.1) is 0 Å². The first kappa shape index (κ1) is 13.2. The largest absolute Gasteiger partial charge is 0.339 e. The highest BCUT2D eigenvalue weighted by atomic mass is 16.6. The lowest BCUT2D eigenvalue weighted by molar-refractivity contribution is -0.384. The lowest BCUT2D eigenvalue weighted by Gasteiger charge is -2.04. The van der Waals surface area contributed by atoms with Crippen molar-refractivity contribution in [2.24, 2.45) is 0 Å². The molecule has 0 aliphatic heterocycles.